The Kier molecular flexibility index (Phi) is 4.83. The van der Waals surface area contributed by atoms with Crippen LogP contribution in [0.2, 0.25) is 0 Å². The maximum Gasteiger partial charge on any atom is 0.269 e. The Hall–Kier alpha value is -1.39. The minimum absolute atomic E-state index is 0. The molecular weight excluding hydrogens is 204 g/mol. The molecule has 0 spiro atoms. The zero-order chi connectivity index (χ0) is 9.84. The van der Waals surface area contributed by atoms with E-state index in [9.17, 15) is 10.1 Å². The first-order valence-corrected chi connectivity index (χ1v) is 3.77. The number of nitrogens with zero attached hydrogens (tertiary/aromatic N) is 1. The second-order valence-electron chi connectivity index (χ2n) is 2.61. The Labute approximate surface area is 88.0 Å². The topological polar surface area (TPSA) is 69.2 Å². The number of nitrogens with two attached hydrogens (primary N) is 1. The van der Waals surface area contributed by atoms with Crippen LogP contribution in [0.3, 0.4) is 0 Å². The largest absolute Gasteiger partial charge is 0.321 e. The van der Waals surface area contributed by atoms with Crippen LogP contribution in [-0.2, 0) is 0 Å². The van der Waals surface area contributed by atoms with E-state index in [4.69, 9.17) is 5.73 Å². The molecule has 14 heavy (non-hydrogen) atoms. The molecule has 1 atom stereocenters. The SMILES string of the molecule is C=C[C@@H](N)c1cccc([N+](=O)[O-])c1.Cl. The van der Waals surface area contributed by atoms with Crippen molar-refractivity contribution in [2.45, 2.75) is 6.04 Å². The third-order valence-corrected chi connectivity index (χ3v) is 1.72. The monoisotopic (exact) mass is 214 g/mol. The second kappa shape index (κ2) is 5.36. The van der Waals surface area contributed by atoms with Gasteiger partial charge < -0.3 is 5.73 Å². The average Bonchev–Trinajstić information content (AvgIpc) is 2.17. The van der Waals surface area contributed by atoms with Gasteiger partial charge in [-0.2, -0.15) is 0 Å². The van der Waals surface area contributed by atoms with Crippen LogP contribution in [0.25, 0.3) is 0 Å². The van der Waals surface area contributed by atoms with Crippen molar-refractivity contribution in [1.82, 2.24) is 0 Å². The van der Waals surface area contributed by atoms with Gasteiger partial charge in [0.1, 0.15) is 0 Å². The van der Waals surface area contributed by atoms with Gasteiger partial charge in [-0.3, -0.25) is 10.1 Å². The molecular formula is C9H11ClN2O2. The number of rotatable bonds is 3. The van der Waals surface area contributed by atoms with Crippen molar-refractivity contribution in [3.63, 3.8) is 0 Å². The fourth-order valence-corrected chi connectivity index (χ4v) is 0.982. The highest BCUT2D eigenvalue weighted by molar-refractivity contribution is 5.85. The zero-order valence-corrected chi connectivity index (χ0v) is 8.24. The molecule has 0 heterocycles. The van der Waals surface area contributed by atoms with Gasteiger partial charge in [-0.25, -0.2) is 0 Å². The molecule has 0 amide bonds. The summed E-state index contributed by atoms with van der Waals surface area (Å²) in [4.78, 5) is 9.96. The number of hydrogen-bond acceptors (Lipinski definition) is 3. The smallest absolute Gasteiger partial charge is 0.269 e. The van der Waals surface area contributed by atoms with Crippen LogP contribution in [0, 0.1) is 10.1 Å². The van der Waals surface area contributed by atoms with Gasteiger partial charge in [0.2, 0.25) is 0 Å². The maximum atomic E-state index is 10.4. The van der Waals surface area contributed by atoms with Gasteiger partial charge in [-0.1, -0.05) is 18.2 Å². The molecule has 4 nitrogen and oxygen atoms in total. The Bertz CT molecular complexity index is 341. The van der Waals surface area contributed by atoms with Crippen LogP contribution in [0.15, 0.2) is 36.9 Å². The standard InChI is InChI=1S/C9H10N2O2.ClH/c1-2-9(10)7-4-3-5-8(6-7)11(12)13;/h2-6,9H,1,10H2;1H/t9-;/m1./s1. The van der Waals surface area contributed by atoms with Crippen LogP contribution in [0.4, 0.5) is 5.69 Å². The molecule has 0 radical (unpaired) electrons. The number of non-ortho nitro benzene ring substituents is 1. The third-order valence-electron chi connectivity index (χ3n) is 1.72. The Morgan fingerprint density at radius 1 is 1.57 bits per heavy atom. The molecule has 0 aliphatic carbocycles. The van der Waals surface area contributed by atoms with Crippen LogP contribution in [-0.4, -0.2) is 4.92 Å². The zero-order valence-electron chi connectivity index (χ0n) is 7.42. The van der Waals surface area contributed by atoms with Crippen LogP contribution >= 0.6 is 12.4 Å². The first kappa shape index (κ1) is 12.6. The Morgan fingerprint density at radius 2 is 2.21 bits per heavy atom. The summed E-state index contributed by atoms with van der Waals surface area (Å²) in [5, 5.41) is 10.4. The van der Waals surface area contributed by atoms with Crippen molar-refractivity contribution in [2.75, 3.05) is 0 Å². The van der Waals surface area contributed by atoms with Crippen molar-refractivity contribution < 1.29 is 4.92 Å². The van der Waals surface area contributed by atoms with Crippen molar-refractivity contribution in [1.29, 1.82) is 0 Å². The van der Waals surface area contributed by atoms with E-state index < -0.39 is 4.92 Å². The van der Waals surface area contributed by atoms with Crippen LogP contribution in [0.5, 0.6) is 0 Å². The highest BCUT2D eigenvalue weighted by Crippen LogP contribution is 2.17. The molecule has 0 fully saturated rings. The highest BCUT2D eigenvalue weighted by Gasteiger charge is 2.08. The lowest BCUT2D eigenvalue weighted by molar-refractivity contribution is -0.384. The fourth-order valence-electron chi connectivity index (χ4n) is 0.982. The summed E-state index contributed by atoms with van der Waals surface area (Å²) < 4.78 is 0. The Morgan fingerprint density at radius 3 is 2.71 bits per heavy atom. The summed E-state index contributed by atoms with van der Waals surface area (Å²) in [5.41, 5.74) is 6.37. The van der Waals surface area contributed by atoms with E-state index in [0.717, 1.165) is 0 Å². The third kappa shape index (κ3) is 2.83. The normalized spacial score (nSPS) is 11.2. The van der Waals surface area contributed by atoms with E-state index in [0.29, 0.717) is 5.56 Å². The summed E-state index contributed by atoms with van der Waals surface area (Å²) in [6, 6.07) is 5.88. The van der Waals surface area contributed by atoms with E-state index in [1.54, 1.807) is 18.2 Å². The van der Waals surface area contributed by atoms with E-state index in [1.165, 1.54) is 12.1 Å². The van der Waals surface area contributed by atoms with Gasteiger partial charge >= 0.3 is 0 Å². The van der Waals surface area contributed by atoms with E-state index >= 15 is 0 Å². The lowest BCUT2D eigenvalue weighted by Gasteiger charge is -2.04. The summed E-state index contributed by atoms with van der Waals surface area (Å²) in [7, 11) is 0. The lowest BCUT2D eigenvalue weighted by atomic mass is 10.1. The van der Waals surface area contributed by atoms with Gasteiger partial charge in [-0.05, 0) is 5.56 Å². The fraction of sp³-hybridized carbons (Fsp3) is 0.111. The average molecular weight is 215 g/mol. The van der Waals surface area contributed by atoms with Gasteiger partial charge in [0.15, 0.2) is 0 Å². The lowest BCUT2D eigenvalue weighted by Crippen LogP contribution is -2.06. The van der Waals surface area contributed by atoms with E-state index in [1.807, 2.05) is 0 Å². The molecule has 1 rings (SSSR count). The minimum Gasteiger partial charge on any atom is -0.321 e. The Balaban J connectivity index is 0.00000169. The van der Waals surface area contributed by atoms with Gasteiger partial charge in [0, 0.05) is 18.2 Å². The van der Waals surface area contributed by atoms with Crippen LogP contribution < -0.4 is 5.73 Å². The van der Waals surface area contributed by atoms with E-state index in [-0.39, 0.29) is 24.1 Å². The number of halogens is 1. The predicted molar refractivity (Wildman–Crippen MR) is 57.5 cm³/mol. The summed E-state index contributed by atoms with van der Waals surface area (Å²) in [6.07, 6.45) is 1.54. The maximum absolute atomic E-state index is 10.4. The minimum atomic E-state index is -0.445. The molecule has 1 aromatic carbocycles. The summed E-state index contributed by atoms with van der Waals surface area (Å²) in [6.45, 7) is 3.52. The molecule has 76 valence electrons. The van der Waals surface area contributed by atoms with Gasteiger partial charge in [0.25, 0.3) is 5.69 Å². The van der Waals surface area contributed by atoms with Crippen molar-refractivity contribution in [3.8, 4) is 0 Å². The second-order valence-corrected chi connectivity index (χ2v) is 2.61. The van der Waals surface area contributed by atoms with Crippen molar-refractivity contribution in [3.05, 3.63) is 52.6 Å². The van der Waals surface area contributed by atoms with E-state index in [2.05, 4.69) is 6.58 Å². The van der Waals surface area contributed by atoms with Gasteiger partial charge in [-0.15, -0.1) is 19.0 Å². The van der Waals surface area contributed by atoms with Gasteiger partial charge in [0.05, 0.1) is 4.92 Å². The number of nitro benzene ring substituents is 1. The molecule has 0 saturated heterocycles. The van der Waals surface area contributed by atoms with Crippen molar-refractivity contribution in [2.24, 2.45) is 5.73 Å². The first-order chi connectivity index (χ1) is 6.15. The number of hydrogen-bond donors (Lipinski definition) is 1. The summed E-state index contributed by atoms with van der Waals surface area (Å²) in [5.74, 6) is 0. The molecule has 5 heteroatoms. The highest BCUT2D eigenvalue weighted by atomic mass is 35.5. The van der Waals surface area contributed by atoms with Crippen molar-refractivity contribution >= 4 is 18.1 Å². The molecule has 1 aromatic rings. The predicted octanol–water partition coefficient (Wildman–Crippen LogP) is 2.20. The molecule has 0 aromatic heterocycles. The number of benzene rings is 1. The molecule has 0 bridgehead atoms. The molecule has 0 aliphatic heterocycles. The first-order valence-electron chi connectivity index (χ1n) is 3.77. The molecule has 2 N–H and O–H groups in total. The van der Waals surface area contributed by atoms with Crippen LogP contribution in [0.1, 0.15) is 11.6 Å². The summed E-state index contributed by atoms with van der Waals surface area (Å²) >= 11 is 0. The molecule has 0 saturated carbocycles. The molecule has 0 unspecified atom stereocenters. The number of nitro groups is 1. The quantitative estimate of drug-likeness (QED) is 0.477. The molecule has 0 aliphatic rings.